The minimum atomic E-state index is -1.43. The molecule has 200 valence electrons. The van der Waals surface area contributed by atoms with Crippen LogP contribution in [0.15, 0.2) is 46.2 Å². The summed E-state index contributed by atoms with van der Waals surface area (Å²) >= 11 is 2.64. The zero-order chi connectivity index (χ0) is 27.2. The van der Waals surface area contributed by atoms with Crippen LogP contribution in [0.2, 0.25) is 0 Å². The summed E-state index contributed by atoms with van der Waals surface area (Å²) in [6.45, 7) is 7.39. The number of carbonyl (C=O) groups excluding carboxylic acids is 1. The molecule has 0 spiro atoms. The minimum absolute atomic E-state index is 0.00517. The smallest absolute Gasteiger partial charge is 0.333 e. The maximum absolute atomic E-state index is 14.0. The highest BCUT2D eigenvalue weighted by Crippen LogP contribution is 2.46. The third-order valence-corrected chi connectivity index (χ3v) is 9.51. The third-order valence-electron chi connectivity index (χ3n) is 7.04. The van der Waals surface area contributed by atoms with Crippen molar-refractivity contribution in [2.24, 2.45) is 0 Å². The number of hydrogen-bond acceptors (Lipinski definition) is 8. The molecule has 1 aliphatic rings. The second-order valence-electron chi connectivity index (χ2n) is 10.2. The molecule has 1 saturated carbocycles. The first kappa shape index (κ1) is 26.2. The minimum Gasteiger partial charge on any atom is -0.496 e. The van der Waals surface area contributed by atoms with Crippen molar-refractivity contribution in [3.05, 3.63) is 68.6 Å². The summed E-state index contributed by atoms with van der Waals surface area (Å²) < 4.78 is 11.1. The summed E-state index contributed by atoms with van der Waals surface area (Å²) in [5.74, 6) is 0.325. The predicted octanol–water partition coefficient (Wildman–Crippen LogP) is 3.42. The number of methoxy groups -OCH3 is 1. The van der Waals surface area contributed by atoms with Crippen LogP contribution in [0.25, 0.3) is 15.2 Å². The van der Waals surface area contributed by atoms with Crippen LogP contribution in [0.5, 0.6) is 5.75 Å². The van der Waals surface area contributed by atoms with E-state index in [-0.39, 0.29) is 11.3 Å². The fraction of sp³-hybridized carbons (Fsp3) is 0.423. The SMILES string of the molecule is COc1ccccc1CCn1c(=O)n(C(C)(C)C(=O)NSC2(C)CC2)c(=O)c2c(C)c(-n3nccn3)sc21. The fourth-order valence-electron chi connectivity index (χ4n) is 4.35. The molecule has 5 rings (SSSR count). The van der Waals surface area contributed by atoms with Gasteiger partial charge in [-0.3, -0.25) is 18.9 Å². The second kappa shape index (κ2) is 9.73. The number of ether oxygens (including phenoxy) is 1. The van der Waals surface area contributed by atoms with Crippen molar-refractivity contribution < 1.29 is 9.53 Å². The molecule has 38 heavy (non-hydrogen) atoms. The Balaban J connectivity index is 1.66. The highest BCUT2D eigenvalue weighted by Gasteiger charge is 2.41. The van der Waals surface area contributed by atoms with Crippen molar-refractivity contribution in [2.75, 3.05) is 7.11 Å². The molecular formula is C26H30N6O4S2. The molecule has 1 N–H and O–H groups in total. The second-order valence-corrected chi connectivity index (χ2v) is 12.6. The summed E-state index contributed by atoms with van der Waals surface area (Å²) in [4.78, 5) is 43.3. The van der Waals surface area contributed by atoms with E-state index < -0.39 is 22.7 Å². The maximum Gasteiger partial charge on any atom is 0.333 e. The number of aromatic nitrogens is 5. The van der Waals surface area contributed by atoms with Crippen LogP contribution in [0.3, 0.4) is 0 Å². The van der Waals surface area contributed by atoms with E-state index in [0.29, 0.717) is 27.2 Å². The van der Waals surface area contributed by atoms with Gasteiger partial charge >= 0.3 is 5.69 Å². The average Bonchev–Trinajstić information content (AvgIpc) is 3.25. The van der Waals surface area contributed by atoms with E-state index in [9.17, 15) is 14.4 Å². The van der Waals surface area contributed by atoms with Crippen molar-refractivity contribution >= 4 is 39.4 Å². The number of carbonyl (C=O) groups is 1. The Kier molecular flexibility index (Phi) is 6.72. The number of nitrogens with one attached hydrogen (secondary N) is 1. The Morgan fingerprint density at radius 2 is 1.89 bits per heavy atom. The quantitative estimate of drug-likeness (QED) is 0.316. The Bertz CT molecular complexity index is 1630. The molecule has 0 unspecified atom stereocenters. The average molecular weight is 555 g/mol. The molecule has 1 aromatic carbocycles. The zero-order valence-corrected chi connectivity index (χ0v) is 23.6. The normalized spacial score (nSPS) is 14.6. The first-order valence-corrected chi connectivity index (χ1v) is 14.0. The summed E-state index contributed by atoms with van der Waals surface area (Å²) in [7, 11) is 1.61. The summed E-state index contributed by atoms with van der Waals surface area (Å²) in [6.07, 6.45) is 5.63. The van der Waals surface area contributed by atoms with Gasteiger partial charge in [-0.2, -0.15) is 10.2 Å². The Morgan fingerprint density at radius 1 is 1.21 bits per heavy atom. The number of thiophene rings is 1. The van der Waals surface area contributed by atoms with Crippen LogP contribution in [-0.2, 0) is 23.3 Å². The molecule has 3 heterocycles. The van der Waals surface area contributed by atoms with Gasteiger partial charge in [0.15, 0.2) is 0 Å². The predicted molar refractivity (Wildman–Crippen MR) is 149 cm³/mol. The lowest BCUT2D eigenvalue weighted by molar-refractivity contribution is -0.126. The molecule has 0 radical (unpaired) electrons. The molecule has 1 aliphatic carbocycles. The lowest BCUT2D eigenvalue weighted by Crippen LogP contribution is -2.55. The molecule has 0 aliphatic heterocycles. The zero-order valence-electron chi connectivity index (χ0n) is 22.0. The van der Waals surface area contributed by atoms with Gasteiger partial charge in [-0.25, -0.2) is 9.36 Å². The van der Waals surface area contributed by atoms with Crippen molar-refractivity contribution in [3.8, 4) is 10.8 Å². The van der Waals surface area contributed by atoms with Crippen LogP contribution in [-0.4, -0.2) is 41.9 Å². The van der Waals surface area contributed by atoms with Crippen molar-refractivity contribution in [1.82, 2.24) is 28.9 Å². The monoisotopic (exact) mass is 554 g/mol. The first-order valence-electron chi connectivity index (χ1n) is 12.3. The first-order chi connectivity index (χ1) is 18.1. The number of nitrogens with zero attached hydrogens (tertiary/aromatic N) is 5. The lowest BCUT2D eigenvalue weighted by atomic mass is 10.0. The largest absolute Gasteiger partial charge is 0.496 e. The standard InChI is InChI=1S/C26H30N6O4S2/c1-16-19-20(33)31(25(2,3)23(34)29-38-26(4)11-12-26)24(35)30(15-10-17-8-6-7-9-18(17)36-5)22(19)37-21(16)32-27-13-14-28-32/h6-9,13-14H,10-12,15H2,1-5H3,(H,29,34). The van der Waals surface area contributed by atoms with Crippen LogP contribution >= 0.6 is 23.3 Å². The number of fused-ring (bicyclic) bond motifs is 1. The summed E-state index contributed by atoms with van der Waals surface area (Å²) in [5, 5.41) is 9.48. The van der Waals surface area contributed by atoms with Gasteiger partial charge in [0.25, 0.3) is 11.5 Å². The number of benzene rings is 1. The number of hydrogen-bond donors (Lipinski definition) is 1. The fourth-order valence-corrected chi connectivity index (χ4v) is 6.48. The number of aryl methyl sites for hydroxylation is 3. The maximum atomic E-state index is 14.0. The van der Waals surface area contributed by atoms with E-state index in [1.807, 2.05) is 31.2 Å². The molecule has 0 atom stereocenters. The van der Waals surface area contributed by atoms with Gasteiger partial charge in [-0.05, 0) is 70.5 Å². The van der Waals surface area contributed by atoms with Crippen LogP contribution in [0.4, 0.5) is 0 Å². The van der Waals surface area contributed by atoms with Gasteiger partial charge in [-0.1, -0.05) is 29.5 Å². The molecule has 1 fully saturated rings. The van der Waals surface area contributed by atoms with Gasteiger partial charge in [0.2, 0.25) is 0 Å². The third kappa shape index (κ3) is 4.55. The topological polar surface area (TPSA) is 113 Å². The van der Waals surface area contributed by atoms with E-state index >= 15 is 0 Å². The van der Waals surface area contributed by atoms with Crippen LogP contribution in [0.1, 0.15) is 44.7 Å². The highest BCUT2D eigenvalue weighted by molar-refractivity contribution is 7.99. The van der Waals surface area contributed by atoms with E-state index in [4.69, 9.17) is 4.74 Å². The van der Waals surface area contributed by atoms with E-state index in [2.05, 4.69) is 21.8 Å². The lowest BCUT2D eigenvalue weighted by Gasteiger charge is -2.27. The van der Waals surface area contributed by atoms with Gasteiger partial charge < -0.3 is 4.74 Å². The van der Waals surface area contributed by atoms with Gasteiger partial charge in [0.1, 0.15) is 21.1 Å². The Morgan fingerprint density at radius 3 is 2.55 bits per heavy atom. The van der Waals surface area contributed by atoms with Crippen LogP contribution in [0, 0.1) is 6.92 Å². The number of para-hydroxylation sites is 1. The van der Waals surface area contributed by atoms with E-state index in [0.717, 1.165) is 28.7 Å². The molecule has 0 bridgehead atoms. The summed E-state index contributed by atoms with van der Waals surface area (Å²) in [5.41, 5.74) is -0.885. The van der Waals surface area contributed by atoms with Gasteiger partial charge in [-0.15, -0.1) is 4.80 Å². The van der Waals surface area contributed by atoms with Crippen molar-refractivity contribution in [3.63, 3.8) is 0 Å². The Hall–Kier alpha value is -3.38. The van der Waals surface area contributed by atoms with Gasteiger partial charge in [0, 0.05) is 16.9 Å². The highest BCUT2D eigenvalue weighted by atomic mass is 32.2. The molecule has 12 heteroatoms. The summed E-state index contributed by atoms with van der Waals surface area (Å²) in [6, 6.07) is 7.62. The molecule has 0 saturated heterocycles. The van der Waals surface area contributed by atoms with Crippen molar-refractivity contribution in [1.29, 1.82) is 0 Å². The van der Waals surface area contributed by atoms with Crippen LogP contribution < -0.4 is 20.7 Å². The molecule has 3 aromatic heterocycles. The molecule has 1 amide bonds. The van der Waals surface area contributed by atoms with Crippen molar-refractivity contribution in [2.45, 2.75) is 63.8 Å². The Labute approximate surface area is 227 Å². The molecule has 10 nitrogen and oxygen atoms in total. The molecule has 4 aromatic rings. The van der Waals surface area contributed by atoms with E-state index in [1.165, 1.54) is 28.1 Å². The number of amides is 1. The number of rotatable bonds is 9. The van der Waals surface area contributed by atoms with E-state index in [1.54, 1.807) is 37.9 Å². The van der Waals surface area contributed by atoms with Gasteiger partial charge in [0.05, 0.1) is 24.9 Å². The molecular weight excluding hydrogens is 524 g/mol.